The van der Waals surface area contributed by atoms with Crippen LogP contribution < -0.4 is 4.90 Å². The van der Waals surface area contributed by atoms with Gasteiger partial charge in [-0.2, -0.15) is 0 Å². The number of para-hydroxylation sites is 1. The highest BCUT2D eigenvalue weighted by Gasteiger charge is 2.25. The lowest BCUT2D eigenvalue weighted by Crippen LogP contribution is -2.48. The zero-order valence-corrected chi connectivity index (χ0v) is 18.6. The summed E-state index contributed by atoms with van der Waals surface area (Å²) < 4.78 is 5.22. The van der Waals surface area contributed by atoms with Gasteiger partial charge >= 0.3 is 0 Å². The quantitative estimate of drug-likeness (QED) is 0.583. The number of hydrogen-bond donors (Lipinski definition) is 0. The van der Waals surface area contributed by atoms with Crippen molar-refractivity contribution < 1.29 is 14.0 Å². The van der Waals surface area contributed by atoms with Gasteiger partial charge in [0.25, 0.3) is 5.91 Å². The van der Waals surface area contributed by atoms with E-state index in [9.17, 15) is 9.59 Å². The van der Waals surface area contributed by atoms with Crippen LogP contribution in [0, 0.1) is 0 Å². The smallest absolute Gasteiger partial charge is 0.289 e. The minimum Gasteiger partial charge on any atom is -0.459 e. The van der Waals surface area contributed by atoms with Gasteiger partial charge in [0, 0.05) is 45.0 Å². The number of thiazole rings is 1. The Morgan fingerprint density at radius 2 is 1.90 bits per heavy atom. The first-order valence-corrected chi connectivity index (χ1v) is 11.3. The monoisotopic (exact) mass is 438 g/mol. The highest BCUT2D eigenvalue weighted by Crippen LogP contribution is 2.32. The molecular weight excluding hydrogens is 412 g/mol. The fourth-order valence-electron chi connectivity index (χ4n) is 3.80. The third-order valence-electron chi connectivity index (χ3n) is 5.44. The molecule has 8 heteroatoms. The molecular formula is C23H26N4O3S. The number of carbonyl (C=O) groups is 2. The highest BCUT2D eigenvalue weighted by atomic mass is 32.1. The molecule has 3 heterocycles. The molecule has 0 unspecified atom stereocenters. The first-order chi connectivity index (χ1) is 15.1. The van der Waals surface area contributed by atoms with E-state index in [1.165, 1.54) is 17.6 Å². The molecule has 0 N–H and O–H groups in total. The molecule has 1 saturated heterocycles. The predicted octanol–water partition coefficient (Wildman–Crippen LogP) is 3.94. The number of carbonyl (C=O) groups excluding carboxylic acids is 2. The van der Waals surface area contributed by atoms with E-state index in [1.54, 1.807) is 24.0 Å². The van der Waals surface area contributed by atoms with Crippen LogP contribution in [0.5, 0.6) is 0 Å². The number of nitrogens with zero attached hydrogens (tertiary/aromatic N) is 4. The van der Waals surface area contributed by atoms with Crippen LogP contribution in [0.15, 0.2) is 52.5 Å². The SMILES string of the molecule is CCc1ccccc1N(C(C)=O)c1nc(CN2CCN(C(=O)c3ccco3)CC2)cs1. The van der Waals surface area contributed by atoms with Gasteiger partial charge in [0.2, 0.25) is 5.91 Å². The van der Waals surface area contributed by atoms with E-state index in [0.29, 0.717) is 30.5 Å². The van der Waals surface area contributed by atoms with Crippen LogP contribution in [-0.4, -0.2) is 52.8 Å². The Morgan fingerprint density at radius 3 is 2.58 bits per heavy atom. The van der Waals surface area contributed by atoms with Crippen molar-refractivity contribution in [1.29, 1.82) is 0 Å². The van der Waals surface area contributed by atoms with Gasteiger partial charge in [-0.3, -0.25) is 19.4 Å². The van der Waals surface area contributed by atoms with E-state index >= 15 is 0 Å². The number of benzene rings is 1. The summed E-state index contributed by atoms with van der Waals surface area (Å²) in [5, 5.41) is 2.70. The molecule has 1 fully saturated rings. The first kappa shape index (κ1) is 21.3. The Bertz CT molecular complexity index is 1040. The van der Waals surface area contributed by atoms with Gasteiger partial charge in [0.05, 0.1) is 17.6 Å². The highest BCUT2D eigenvalue weighted by molar-refractivity contribution is 7.14. The third kappa shape index (κ3) is 4.70. The van der Waals surface area contributed by atoms with E-state index in [4.69, 9.17) is 9.40 Å². The lowest BCUT2D eigenvalue weighted by molar-refractivity contribution is -0.115. The van der Waals surface area contributed by atoms with Crippen LogP contribution in [0.3, 0.4) is 0 Å². The van der Waals surface area contributed by atoms with Gasteiger partial charge < -0.3 is 9.32 Å². The second kappa shape index (κ2) is 9.45. The second-order valence-electron chi connectivity index (χ2n) is 7.50. The molecule has 162 valence electrons. The van der Waals surface area contributed by atoms with Crippen LogP contribution in [0.1, 0.15) is 35.7 Å². The van der Waals surface area contributed by atoms with E-state index in [2.05, 4.69) is 11.8 Å². The summed E-state index contributed by atoms with van der Waals surface area (Å²) in [6, 6.07) is 11.4. The minimum absolute atomic E-state index is 0.0492. The van der Waals surface area contributed by atoms with Crippen molar-refractivity contribution in [3.05, 3.63) is 65.1 Å². The lowest BCUT2D eigenvalue weighted by atomic mass is 10.1. The maximum Gasteiger partial charge on any atom is 0.289 e. The predicted molar refractivity (Wildman–Crippen MR) is 121 cm³/mol. The fourth-order valence-corrected chi connectivity index (χ4v) is 4.67. The fraction of sp³-hybridized carbons (Fsp3) is 0.348. The van der Waals surface area contributed by atoms with Crippen molar-refractivity contribution in [3.8, 4) is 0 Å². The lowest BCUT2D eigenvalue weighted by Gasteiger charge is -2.33. The summed E-state index contributed by atoms with van der Waals surface area (Å²) in [7, 11) is 0. The molecule has 1 aliphatic rings. The van der Waals surface area contributed by atoms with E-state index < -0.39 is 0 Å². The Balaban J connectivity index is 1.41. The van der Waals surface area contributed by atoms with Gasteiger partial charge in [-0.05, 0) is 30.2 Å². The average molecular weight is 439 g/mol. The maximum absolute atomic E-state index is 12.4. The number of amides is 2. The molecule has 7 nitrogen and oxygen atoms in total. The standard InChI is InChI=1S/C23H26N4O3S/c1-3-18-7-4-5-8-20(18)27(17(2)28)23-24-19(16-31-23)15-25-10-12-26(13-11-25)22(29)21-9-6-14-30-21/h4-9,14,16H,3,10-13,15H2,1-2H3. The summed E-state index contributed by atoms with van der Waals surface area (Å²) in [6.45, 7) is 7.20. The van der Waals surface area contributed by atoms with E-state index in [-0.39, 0.29) is 11.8 Å². The molecule has 4 rings (SSSR count). The maximum atomic E-state index is 12.4. The molecule has 31 heavy (non-hydrogen) atoms. The summed E-state index contributed by atoms with van der Waals surface area (Å²) >= 11 is 1.48. The minimum atomic E-state index is -0.0627. The first-order valence-electron chi connectivity index (χ1n) is 10.4. The van der Waals surface area contributed by atoms with Crippen molar-refractivity contribution in [1.82, 2.24) is 14.8 Å². The number of piperazine rings is 1. The zero-order chi connectivity index (χ0) is 21.8. The van der Waals surface area contributed by atoms with Crippen LogP contribution in [-0.2, 0) is 17.8 Å². The zero-order valence-electron chi connectivity index (χ0n) is 17.8. The molecule has 0 atom stereocenters. The van der Waals surface area contributed by atoms with Crippen molar-refractivity contribution in [2.24, 2.45) is 0 Å². The van der Waals surface area contributed by atoms with Crippen molar-refractivity contribution >= 4 is 34.0 Å². The van der Waals surface area contributed by atoms with Crippen LogP contribution in [0.2, 0.25) is 0 Å². The summed E-state index contributed by atoms with van der Waals surface area (Å²) in [6.07, 6.45) is 2.37. The molecule has 0 radical (unpaired) electrons. The van der Waals surface area contributed by atoms with Crippen molar-refractivity contribution in [2.75, 3.05) is 31.1 Å². The Morgan fingerprint density at radius 1 is 1.13 bits per heavy atom. The summed E-state index contributed by atoms with van der Waals surface area (Å²) in [4.78, 5) is 35.4. The number of aromatic nitrogens is 1. The van der Waals surface area contributed by atoms with Gasteiger partial charge in [-0.1, -0.05) is 25.1 Å². The van der Waals surface area contributed by atoms with E-state index in [1.807, 2.05) is 34.5 Å². The molecule has 2 aromatic heterocycles. The number of anilines is 2. The molecule has 0 bridgehead atoms. The average Bonchev–Trinajstić information content (AvgIpc) is 3.47. The summed E-state index contributed by atoms with van der Waals surface area (Å²) in [5.74, 6) is 0.272. The molecule has 0 spiro atoms. The molecule has 1 aliphatic heterocycles. The molecule has 0 saturated carbocycles. The van der Waals surface area contributed by atoms with Crippen LogP contribution in [0.25, 0.3) is 0 Å². The topological polar surface area (TPSA) is 69.9 Å². The van der Waals surface area contributed by atoms with Gasteiger partial charge in [-0.25, -0.2) is 4.98 Å². The second-order valence-corrected chi connectivity index (χ2v) is 8.34. The van der Waals surface area contributed by atoms with Crippen molar-refractivity contribution in [2.45, 2.75) is 26.8 Å². The number of furan rings is 1. The Kier molecular flexibility index (Phi) is 6.48. The Labute approximate surface area is 185 Å². The Hall–Kier alpha value is -2.97. The van der Waals surface area contributed by atoms with Crippen LogP contribution >= 0.6 is 11.3 Å². The van der Waals surface area contributed by atoms with Gasteiger partial charge in [-0.15, -0.1) is 11.3 Å². The number of hydrogen-bond acceptors (Lipinski definition) is 6. The largest absolute Gasteiger partial charge is 0.459 e. The third-order valence-corrected chi connectivity index (χ3v) is 6.31. The molecule has 1 aromatic carbocycles. The van der Waals surface area contributed by atoms with Crippen molar-refractivity contribution in [3.63, 3.8) is 0 Å². The van der Waals surface area contributed by atoms with E-state index in [0.717, 1.165) is 36.5 Å². The molecule has 3 aromatic rings. The summed E-state index contributed by atoms with van der Waals surface area (Å²) in [5.41, 5.74) is 2.95. The molecule has 2 amide bonds. The van der Waals surface area contributed by atoms with Crippen LogP contribution in [0.4, 0.5) is 10.8 Å². The molecule has 0 aliphatic carbocycles. The number of aryl methyl sites for hydroxylation is 1. The van der Waals surface area contributed by atoms with Gasteiger partial charge in [0.15, 0.2) is 10.9 Å². The van der Waals surface area contributed by atoms with Gasteiger partial charge in [0.1, 0.15) is 0 Å². The number of rotatable bonds is 6. The normalized spacial score (nSPS) is 14.6.